The van der Waals surface area contributed by atoms with E-state index >= 15 is 0 Å². The summed E-state index contributed by atoms with van der Waals surface area (Å²) in [5.41, 5.74) is 5.60. The van der Waals surface area contributed by atoms with Crippen LogP contribution in [-0.4, -0.2) is 67.6 Å². The molecule has 1 rings (SSSR count). The van der Waals surface area contributed by atoms with Gasteiger partial charge in [0.05, 0.1) is 6.61 Å². The van der Waals surface area contributed by atoms with Crippen LogP contribution < -0.4 is 5.73 Å². The lowest BCUT2D eigenvalue weighted by atomic mass is 10.0. The van der Waals surface area contributed by atoms with Crippen molar-refractivity contribution in [2.45, 2.75) is 31.8 Å². The topological polar surface area (TPSA) is 75.9 Å². The Bertz CT molecular complexity index is 299. The zero-order chi connectivity index (χ0) is 13.7. The lowest BCUT2D eigenvalue weighted by Crippen LogP contribution is -2.52. The summed E-state index contributed by atoms with van der Waals surface area (Å²) in [6.07, 6.45) is 1.82. The maximum atomic E-state index is 12.0. The average Bonchev–Trinajstić information content (AvgIpc) is 2.37. The standard InChI is InChI=1S/C12H23N3O3/c1-4-18-12(17)10(13)11(16)15-7-5-9(6-8-15)14(2)3/h9-10H,4-8,13H2,1-3H3. The summed E-state index contributed by atoms with van der Waals surface area (Å²) in [6, 6.07) is -0.686. The van der Waals surface area contributed by atoms with Crippen LogP contribution in [0.15, 0.2) is 0 Å². The molecular weight excluding hydrogens is 234 g/mol. The Morgan fingerprint density at radius 3 is 2.39 bits per heavy atom. The van der Waals surface area contributed by atoms with Crippen LogP contribution >= 0.6 is 0 Å². The summed E-state index contributed by atoms with van der Waals surface area (Å²) in [6.45, 7) is 3.23. The number of rotatable bonds is 4. The number of piperidine rings is 1. The van der Waals surface area contributed by atoms with E-state index in [1.165, 1.54) is 0 Å². The van der Waals surface area contributed by atoms with Crippen LogP contribution in [0.2, 0.25) is 0 Å². The van der Waals surface area contributed by atoms with Crippen LogP contribution in [0.3, 0.4) is 0 Å². The second-order valence-corrected chi connectivity index (χ2v) is 4.75. The number of likely N-dealkylation sites (tertiary alicyclic amines) is 1. The molecule has 0 aliphatic carbocycles. The third-order valence-electron chi connectivity index (χ3n) is 3.31. The number of amides is 1. The van der Waals surface area contributed by atoms with Gasteiger partial charge in [0.15, 0.2) is 6.04 Å². The van der Waals surface area contributed by atoms with Crippen LogP contribution in [0.4, 0.5) is 0 Å². The number of nitrogens with two attached hydrogens (primary N) is 1. The van der Waals surface area contributed by atoms with Crippen molar-refractivity contribution in [3.63, 3.8) is 0 Å². The summed E-state index contributed by atoms with van der Waals surface area (Å²) in [7, 11) is 4.07. The van der Waals surface area contributed by atoms with Crippen molar-refractivity contribution in [1.29, 1.82) is 0 Å². The molecule has 1 saturated heterocycles. The fourth-order valence-electron chi connectivity index (χ4n) is 2.13. The van der Waals surface area contributed by atoms with Gasteiger partial charge in [-0.15, -0.1) is 0 Å². The fourth-order valence-corrected chi connectivity index (χ4v) is 2.13. The second kappa shape index (κ2) is 6.70. The molecule has 0 radical (unpaired) electrons. The van der Waals surface area contributed by atoms with Crippen LogP contribution in [0, 0.1) is 0 Å². The third-order valence-corrected chi connectivity index (χ3v) is 3.31. The highest BCUT2D eigenvalue weighted by molar-refractivity contribution is 6.01. The van der Waals surface area contributed by atoms with E-state index in [1.807, 2.05) is 14.1 Å². The molecule has 0 spiro atoms. The Morgan fingerprint density at radius 1 is 1.39 bits per heavy atom. The molecule has 1 unspecified atom stereocenters. The van der Waals surface area contributed by atoms with Crippen molar-refractivity contribution in [2.75, 3.05) is 33.8 Å². The van der Waals surface area contributed by atoms with E-state index in [9.17, 15) is 9.59 Å². The lowest BCUT2D eigenvalue weighted by Gasteiger charge is -2.35. The Kier molecular flexibility index (Phi) is 5.55. The monoisotopic (exact) mass is 257 g/mol. The minimum Gasteiger partial charge on any atom is -0.464 e. The van der Waals surface area contributed by atoms with E-state index in [0.29, 0.717) is 19.1 Å². The summed E-state index contributed by atoms with van der Waals surface area (Å²) in [4.78, 5) is 27.2. The van der Waals surface area contributed by atoms with E-state index in [2.05, 4.69) is 4.90 Å². The maximum absolute atomic E-state index is 12.0. The molecule has 1 amide bonds. The summed E-state index contributed by atoms with van der Waals surface area (Å²) >= 11 is 0. The van der Waals surface area contributed by atoms with Gasteiger partial charge in [0, 0.05) is 19.1 Å². The predicted molar refractivity (Wildman–Crippen MR) is 67.9 cm³/mol. The van der Waals surface area contributed by atoms with E-state index in [0.717, 1.165) is 12.8 Å². The first-order valence-corrected chi connectivity index (χ1v) is 6.34. The lowest BCUT2D eigenvalue weighted by molar-refractivity contribution is -0.151. The van der Waals surface area contributed by atoms with Gasteiger partial charge in [-0.05, 0) is 33.9 Å². The summed E-state index contributed by atoms with van der Waals surface area (Å²) in [5.74, 6) is -0.970. The molecule has 2 N–H and O–H groups in total. The minimum absolute atomic E-state index is 0.239. The number of hydrogen-bond acceptors (Lipinski definition) is 5. The second-order valence-electron chi connectivity index (χ2n) is 4.75. The van der Waals surface area contributed by atoms with Gasteiger partial charge in [-0.25, -0.2) is 4.79 Å². The maximum Gasteiger partial charge on any atom is 0.332 e. The Morgan fingerprint density at radius 2 is 1.94 bits per heavy atom. The Labute approximate surface area is 108 Å². The van der Waals surface area contributed by atoms with E-state index < -0.39 is 12.0 Å². The number of hydrogen-bond donors (Lipinski definition) is 1. The SMILES string of the molecule is CCOC(=O)C(N)C(=O)N1CCC(N(C)C)CC1. The predicted octanol–water partition coefficient (Wildman–Crippen LogP) is -0.571. The molecule has 0 aromatic rings. The molecule has 0 saturated carbocycles. The Balaban J connectivity index is 2.47. The average molecular weight is 257 g/mol. The molecule has 1 fully saturated rings. The molecular formula is C12H23N3O3. The molecule has 1 aliphatic rings. The summed E-state index contributed by atoms with van der Waals surface area (Å²) in [5, 5.41) is 0. The van der Waals surface area contributed by atoms with Crippen molar-refractivity contribution >= 4 is 11.9 Å². The van der Waals surface area contributed by atoms with Crippen molar-refractivity contribution in [2.24, 2.45) is 5.73 Å². The van der Waals surface area contributed by atoms with Crippen molar-refractivity contribution < 1.29 is 14.3 Å². The van der Waals surface area contributed by atoms with Gasteiger partial charge in [0.2, 0.25) is 0 Å². The first kappa shape index (κ1) is 14.9. The molecule has 1 aliphatic heterocycles. The van der Waals surface area contributed by atoms with E-state index in [-0.39, 0.29) is 12.5 Å². The van der Waals surface area contributed by atoms with Crippen LogP contribution in [0.1, 0.15) is 19.8 Å². The number of nitrogens with zero attached hydrogens (tertiary/aromatic N) is 2. The molecule has 1 heterocycles. The van der Waals surface area contributed by atoms with Crippen molar-refractivity contribution in [1.82, 2.24) is 9.80 Å². The molecule has 0 aromatic carbocycles. The smallest absolute Gasteiger partial charge is 0.332 e. The molecule has 104 valence electrons. The largest absolute Gasteiger partial charge is 0.464 e. The molecule has 6 heteroatoms. The van der Waals surface area contributed by atoms with Crippen LogP contribution in [0.5, 0.6) is 0 Å². The molecule has 6 nitrogen and oxygen atoms in total. The van der Waals surface area contributed by atoms with Crippen molar-refractivity contribution in [3.05, 3.63) is 0 Å². The van der Waals surface area contributed by atoms with Gasteiger partial charge in [-0.3, -0.25) is 4.79 Å². The molecule has 18 heavy (non-hydrogen) atoms. The van der Waals surface area contributed by atoms with Gasteiger partial charge >= 0.3 is 5.97 Å². The van der Waals surface area contributed by atoms with Gasteiger partial charge in [0.25, 0.3) is 5.91 Å². The van der Waals surface area contributed by atoms with Gasteiger partial charge < -0.3 is 20.3 Å². The first-order chi connectivity index (χ1) is 8.47. The van der Waals surface area contributed by atoms with Crippen LogP contribution in [-0.2, 0) is 14.3 Å². The Hall–Kier alpha value is -1.14. The molecule has 0 bridgehead atoms. The molecule has 1 atom stereocenters. The van der Waals surface area contributed by atoms with Gasteiger partial charge in [-0.2, -0.15) is 0 Å². The van der Waals surface area contributed by atoms with E-state index in [1.54, 1.807) is 11.8 Å². The number of esters is 1. The third kappa shape index (κ3) is 3.68. The number of carbonyl (C=O) groups excluding carboxylic acids is 2. The van der Waals surface area contributed by atoms with Crippen molar-refractivity contribution in [3.8, 4) is 0 Å². The first-order valence-electron chi connectivity index (χ1n) is 6.34. The number of ether oxygens (including phenoxy) is 1. The quantitative estimate of drug-likeness (QED) is 0.539. The highest BCUT2D eigenvalue weighted by Gasteiger charge is 2.31. The van der Waals surface area contributed by atoms with E-state index in [4.69, 9.17) is 10.5 Å². The minimum atomic E-state index is -1.18. The van der Waals surface area contributed by atoms with Crippen LogP contribution in [0.25, 0.3) is 0 Å². The summed E-state index contributed by atoms with van der Waals surface area (Å²) < 4.78 is 4.76. The zero-order valence-corrected chi connectivity index (χ0v) is 11.4. The zero-order valence-electron chi connectivity index (χ0n) is 11.4. The van der Waals surface area contributed by atoms with Gasteiger partial charge in [0.1, 0.15) is 0 Å². The highest BCUT2D eigenvalue weighted by Crippen LogP contribution is 2.14. The fraction of sp³-hybridized carbons (Fsp3) is 0.833. The van der Waals surface area contributed by atoms with Gasteiger partial charge in [-0.1, -0.05) is 0 Å². The molecule has 0 aromatic heterocycles. The highest BCUT2D eigenvalue weighted by atomic mass is 16.5. The normalized spacial score (nSPS) is 18.8. The number of carbonyl (C=O) groups is 2.